The van der Waals surface area contributed by atoms with Crippen LogP contribution >= 0.6 is 0 Å². The largest absolute Gasteiger partial charge is 0.366 e. The van der Waals surface area contributed by atoms with Crippen molar-refractivity contribution in [2.75, 3.05) is 24.5 Å². The molecule has 1 atom stereocenters. The van der Waals surface area contributed by atoms with Gasteiger partial charge >= 0.3 is 0 Å². The number of benzene rings is 1. The van der Waals surface area contributed by atoms with Gasteiger partial charge < -0.3 is 10.6 Å². The lowest BCUT2D eigenvalue weighted by Crippen LogP contribution is -2.25. The zero-order valence-electron chi connectivity index (χ0n) is 9.02. The van der Waals surface area contributed by atoms with Crippen LogP contribution in [0, 0.1) is 29.2 Å². The Balaban J connectivity index is 2.38. The van der Waals surface area contributed by atoms with Crippen LogP contribution in [-0.2, 0) is 0 Å². The highest BCUT2D eigenvalue weighted by Gasteiger charge is 2.29. The van der Waals surface area contributed by atoms with Crippen LogP contribution in [0.3, 0.4) is 0 Å². The van der Waals surface area contributed by atoms with Crippen LogP contribution < -0.4 is 10.6 Å². The van der Waals surface area contributed by atoms with E-state index in [9.17, 15) is 17.6 Å². The van der Waals surface area contributed by atoms with Crippen molar-refractivity contribution in [2.24, 2.45) is 11.7 Å². The molecule has 2 N–H and O–H groups in total. The van der Waals surface area contributed by atoms with Gasteiger partial charge in [-0.1, -0.05) is 0 Å². The first-order chi connectivity index (χ1) is 8.04. The van der Waals surface area contributed by atoms with E-state index in [1.807, 2.05) is 0 Å². The van der Waals surface area contributed by atoms with Gasteiger partial charge in [0.2, 0.25) is 0 Å². The Morgan fingerprint density at radius 2 is 1.76 bits per heavy atom. The summed E-state index contributed by atoms with van der Waals surface area (Å²) >= 11 is 0. The van der Waals surface area contributed by atoms with Crippen molar-refractivity contribution in [1.82, 2.24) is 0 Å². The second-order valence-electron chi connectivity index (χ2n) is 4.15. The predicted molar refractivity (Wildman–Crippen MR) is 55.6 cm³/mol. The molecule has 2 rings (SSSR count). The zero-order chi connectivity index (χ0) is 12.6. The predicted octanol–water partition coefficient (Wildman–Crippen LogP) is 2.03. The third-order valence-corrected chi connectivity index (χ3v) is 3.02. The molecule has 1 heterocycles. The lowest BCUT2D eigenvalue weighted by molar-refractivity contribution is 0.453. The number of halogens is 4. The first-order valence-corrected chi connectivity index (χ1v) is 5.32. The number of anilines is 1. The van der Waals surface area contributed by atoms with Crippen molar-refractivity contribution in [3.8, 4) is 0 Å². The molecule has 1 aliphatic rings. The fraction of sp³-hybridized carbons (Fsp3) is 0.455. The topological polar surface area (TPSA) is 29.3 Å². The Kier molecular flexibility index (Phi) is 3.24. The van der Waals surface area contributed by atoms with Gasteiger partial charge in [-0.15, -0.1) is 0 Å². The average Bonchev–Trinajstić information content (AvgIpc) is 2.75. The van der Waals surface area contributed by atoms with E-state index in [1.54, 1.807) is 0 Å². The van der Waals surface area contributed by atoms with E-state index in [-0.39, 0.29) is 12.0 Å². The highest BCUT2D eigenvalue weighted by atomic mass is 19.2. The van der Waals surface area contributed by atoms with Crippen LogP contribution in [0.5, 0.6) is 0 Å². The lowest BCUT2D eigenvalue weighted by atomic mass is 10.1. The van der Waals surface area contributed by atoms with Crippen LogP contribution in [0.25, 0.3) is 0 Å². The van der Waals surface area contributed by atoms with E-state index >= 15 is 0 Å². The summed E-state index contributed by atoms with van der Waals surface area (Å²) in [5.74, 6) is -5.35. The Hall–Kier alpha value is -1.30. The maximum Gasteiger partial charge on any atom is 0.185 e. The van der Waals surface area contributed by atoms with Crippen molar-refractivity contribution in [3.05, 3.63) is 29.3 Å². The van der Waals surface area contributed by atoms with Crippen molar-refractivity contribution in [1.29, 1.82) is 0 Å². The van der Waals surface area contributed by atoms with E-state index in [1.165, 1.54) is 4.90 Å². The minimum Gasteiger partial charge on any atom is -0.366 e. The molecule has 0 aromatic heterocycles. The van der Waals surface area contributed by atoms with E-state index in [2.05, 4.69) is 0 Å². The molecule has 1 fully saturated rings. The van der Waals surface area contributed by atoms with Gasteiger partial charge in [0.25, 0.3) is 0 Å². The average molecular weight is 248 g/mol. The molecule has 1 aromatic carbocycles. The standard InChI is InChI=1S/C11H12F4N2/c12-7-3-8(13)10(15)11(9(7)14)17-2-1-6(4-16)5-17/h3,6H,1-2,4-5,16H2. The quantitative estimate of drug-likeness (QED) is 0.641. The summed E-state index contributed by atoms with van der Waals surface area (Å²) in [5, 5.41) is 0. The lowest BCUT2D eigenvalue weighted by Gasteiger charge is -2.20. The molecule has 1 saturated heterocycles. The number of hydrogen-bond acceptors (Lipinski definition) is 2. The summed E-state index contributed by atoms with van der Waals surface area (Å²) in [5.41, 5.74) is 4.82. The Morgan fingerprint density at radius 1 is 1.18 bits per heavy atom. The summed E-state index contributed by atoms with van der Waals surface area (Å²) in [6, 6.07) is 0.213. The minimum absolute atomic E-state index is 0.0973. The summed E-state index contributed by atoms with van der Waals surface area (Å²) < 4.78 is 53.0. The summed E-state index contributed by atoms with van der Waals surface area (Å²) in [6.45, 7) is 1.05. The fourth-order valence-electron chi connectivity index (χ4n) is 2.07. The molecule has 17 heavy (non-hydrogen) atoms. The van der Waals surface area contributed by atoms with Crippen molar-refractivity contribution < 1.29 is 17.6 Å². The van der Waals surface area contributed by atoms with E-state index < -0.39 is 29.0 Å². The van der Waals surface area contributed by atoms with Crippen LogP contribution in [0.1, 0.15) is 6.42 Å². The highest BCUT2D eigenvalue weighted by molar-refractivity contribution is 5.51. The molecule has 1 aromatic rings. The Bertz CT molecular complexity index is 410. The number of nitrogens with two attached hydrogens (primary N) is 1. The maximum absolute atomic E-state index is 13.5. The SMILES string of the molecule is NCC1CCN(c2c(F)c(F)cc(F)c2F)C1. The van der Waals surface area contributed by atoms with E-state index in [4.69, 9.17) is 5.73 Å². The molecule has 0 saturated carbocycles. The molecule has 0 spiro atoms. The first kappa shape index (κ1) is 12.2. The number of hydrogen-bond donors (Lipinski definition) is 1. The van der Waals surface area contributed by atoms with Gasteiger partial charge in [0.1, 0.15) is 5.69 Å². The molecule has 0 amide bonds. The third kappa shape index (κ3) is 2.09. The van der Waals surface area contributed by atoms with Crippen molar-refractivity contribution in [2.45, 2.75) is 6.42 Å². The molecule has 94 valence electrons. The molecule has 1 unspecified atom stereocenters. The van der Waals surface area contributed by atoms with Gasteiger partial charge in [-0.3, -0.25) is 0 Å². The molecular weight excluding hydrogens is 236 g/mol. The fourth-order valence-corrected chi connectivity index (χ4v) is 2.07. The summed E-state index contributed by atoms with van der Waals surface area (Å²) in [7, 11) is 0. The molecule has 0 radical (unpaired) electrons. The van der Waals surface area contributed by atoms with Gasteiger partial charge in [-0.2, -0.15) is 0 Å². The normalized spacial score (nSPS) is 20.1. The van der Waals surface area contributed by atoms with Crippen LogP contribution in [-0.4, -0.2) is 19.6 Å². The van der Waals surface area contributed by atoms with Crippen molar-refractivity contribution in [3.63, 3.8) is 0 Å². The smallest absolute Gasteiger partial charge is 0.185 e. The van der Waals surface area contributed by atoms with Gasteiger partial charge in [-0.05, 0) is 18.9 Å². The van der Waals surface area contributed by atoms with E-state index in [0.29, 0.717) is 26.1 Å². The van der Waals surface area contributed by atoms with Gasteiger partial charge in [0.15, 0.2) is 23.3 Å². The van der Waals surface area contributed by atoms with E-state index in [0.717, 1.165) is 0 Å². The first-order valence-electron chi connectivity index (χ1n) is 5.32. The van der Waals surface area contributed by atoms with Crippen molar-refractivity contribution >= 4 is 5.69 Å². The van der Waals surface area contributed by atoms with Crippen LogP contribution in [0.15, 0.2) is 6.07 Å². The molecule has 1 aliphatic heterocycles. The minimum atomic E-state index is -1.38. The molecule has 6 heteroatoms. The Morgan fingerprint density at radius 3 is 2.24 bits per heavy atom. The van der Waals surface area contributed by atoms with Crippen LogP contribution in [0.4, 0.5) is 23.2 Å². The second kappa shape index (κ2) is 4.52. The second-order valence-corrected chi connectivity index (χ2v) is 4.15. The monoisotopic (exact) mass is 248 g/mol. The highest BCUT2D eigenvalue weighted by Crippen LogP contribution is 2.31. The third-order valence-electron chi connectivity index (χ3n) is 3.02. The van der Waals surface area contributed by atoms with Gasteiger partial charge in [-0.25, -0.2) is 17.6 Å². The Labute approximate surface area is 96.0 Å². The summed E-state index contributed by atoms with van der Waals surface area (Å²) in [6.07, 6.45) is 0.660. The van der Waals surface area contributed by atoms with Gasteiger partial charge in [0, 0.05) is 19.2 Å². The van der Waals surface area contributed by atoms with Gasteiger partial charge in [0.05, 0.1) is 0 Å². The molecular formula is C11H12F4N2. The summed E-state index contributed by atoms with van der Waals surface area (Å²) in [4.78, 5) is 1.30. The number of nitrogens with zero attached hydrogens (tertiary/aromatic N) is 1. The zero-order valence-corrected chi connectivity index (χ0v) is 9.02. The molecule has 0 bridgehead atoms. The molecule has 2 nitrogen and oxygen atoms in total. The maximum atomic E-state index is 13.5. The number of rotatable bonds is 2. The molecule has 0 aliphatic carbocycles. The van der Waals surface area contributed by atoms with Crippen LogP contribution in [0.2, 0.25) is 0 Å².